The van der Waals surface area contributed by atoms with E-state index in [2.05, 4.69) is 25.5 Å². The molecule has 2 heterocycles. The van der Waals surface area contributed by atoms with Crippen LogP contribution in [0.4, 0.5) is 11.8 Å². The third kappa shape index (κ3) is 4.13. The van der Waals surface area contributed by atoms with Crippen LogP contribution in [0.25, 0.3) is 0 Å². The number of nitrogens with zero attached hydrogens (tertiary/aromatic N) is 4. The average molecular weight is 280 g/mol. The Balaban J connectivity index is 0.000000861. The fourth-order valence-electron chi connectivity index (χ4n) is 1.39. The zero-order chi connectivity index (χ0) is 14.4. The van der Waals surface area contributed by atoms with Crippen LogP contribution in [0.2, 0.25) is 0 Å². The van der Waals surface area contributed by atoms with Crippen molar-refractivity contribution in [2.45, 2.75) is 41.2 Å². The molecule has 0 saturated carbocycles. The van der Waals surface area contributed by atoms with E-state index in [1.54, 1.807) is 11.3 Å². The summed E-state index contributed by atoms with van der Waals surface area (Å²) in [5, 5.41) is 13.1. The van der Waals surface area contributed by atoms with Crippen molar-refractivity contribution in [2.75, 3.05) is 11.1 Å². The zero-order valence-electron chi connectivity index (χ0n) is 12.0. The van der Waals surface area contributed by atoms with Gasteiger partial charge in [0.15, 0.2) is 0 Å². The van der Waals surface area contributed by atoms with Gasteiger partial charge < -0.3 is 11.1 Å². The highest BCUT2D eigenvalue weighted by molar-refractivity contribution is 7.11. The van der Waals surface area contributed by atoms with Gasteiger partial charge in [-0.2, -0.15) is 4.98 Å². The highest BCUT2D eigenvalue weighted by Crippen LogP contribution is 2.17. The van der Waals surface area contributed by atoms with E-state index >= 15 is 0 Å². The maximum absolute atomic E-state index is 5.61. The summed E-state index contributed by atoms with van der Waals surface area (Å²) in [7, 11) is 0. The molecule has 0 unspecified atom stereocenters. The lowest BCUT2D eigenvalue weighted by Crippen LogP contribution is -2.08. The lowest BCUT2D eigenvalue weighted by atomic mass is 10.2. The number of hydrogen-bond acceptors (Lipinski definition) is 7. The maximum atomic E-state index is 5.61. The van der Waals surface area contributed by atoms with Gasteiger partial charge in [-0.25, -0.2) is 4.98 Å². The summed E-state index contributed by atoms with van der Waals surface area (Å²) in [6, 6.07) is 0. The first-order valence-electron chi connectivity index (χ1n) is 6.20. The first-order valence-corrected chi connectivity index (χ1v) is 7.01. The van der Waals surface area contributed by atoms with Gasteiger partial charge in [-0.15, -0.1) is 10.2 Å². The van der Waals surface area contributed by atoms with Crippen molar-refractivity contribution < 1.29 is 0 Å². The fraction of sp³-hybridized carbons (Fsp3) is 0.500. The normalized spacial score (nSPS) is 9.74. The molecule has 0 radical (unpaired) electrons. The van der Waals surface area contributed by atoms with Crippen LogP contribution in [0.3, 0.4) is 0 Å². The minimum Gasteiger partial charge on any atom is -0.368 e. The smallest absolute Gasteiger partial charge is 0.222 e. The van der Waals surface area contributed by atoms with Gasteiger partial charge >= 0.3 is 0 Å². The second-order valence-corrected chi connectivity index (χ2v) is 4.98. The summed E-state index contributed by atoms with van der Waals surface area (Å²) < 4.78 is 0. The highest BCUT2D eigenvalue weighted by atomic mass is 32.1. The van der Waals surface area contributed by atoms with Crippen LogP contribution < -0.4 is 11.1 Å². The van der Waals surface area contributed by atoms with Crippen LogP contribution in [0.5, 0.6) is 0 Å². The molecular formula is C12H20N6S. The van der Waals surface area contributed by atoms with E-state index in [-0.39, 0.29) is 5.95 Å². The van der Waals surface area contributed by atoms with Crippen molar-refractivity contribution in [1.29, 1.82) is 0 Å². The first kappa shape index (κ1) is 15.3. The van der Waals surface area contributed by atoms with E-state index in [1.165, 1.54) is 0 Å². The summed E-state index contributed by atoms with van der Waals surface area (Å²) in [4.78, 5) is 8.26. The molecule has 0 aliphatic carbocycles. The Bertz CT molecular complexity index is 537. The van der Waals surface area contributed by atoms with Crippen LogP contribution in [-0.4, -0.2) is 20.2 Å². The lowest BCUT2D eigenvalue weighted by molar-refractivity contribution is 0.958. The second-order valence-electron chi connectivity index (χ2n) is 3.71. The number of aryl methyl sites for hydroxylation is 2. The van der Waals surface area contributed by atoms with Crippen molar-refractivity contribution in [1.82, 2.24) is 20.2 Å². The van der Waals surface area contributed by atoms with Gasteiger partial charge in [0.1, 0.15) is 15.8 Å². The number of nitrogen functional groups attached to an aromatic ring is 1. The number of nitrogens with one attached hydrogen (secondary N) is 1. The molecule has 0 amide bonds. The highest BCUT2D eigenvalue weighted by Gasteiger charge is 2.07. The number of hydrogen-bond donors (Lipinski definition) is 2. The molecule has 0 aliphatic rings. The van der Waals surface area contributed by atoms with Crippen LogP contribution in [-0.2, 0) is 6.54 Å². The van der Waals surface area contributed by atoms with Crippen molar-refractivity contribution >= 4 is 23.1 Å². The van der Waals surface area contributed by atoms with E-state index in [1.807, 2.05) is 34.6 Å². The van der Waals surface area contributed by atoms with Crippen molar-refractivity contribution in [3.63, 3.8) is 0 Å². The predicted octanol–water partition coefficient (Wildman–Crippen LogP) is 2.47. The molecule has 6 nitrogen and oxygen atoms in total. The molecule has 0 bridgehead atoms. The Morgan fingerprint density at radius 3 is 2.37 bits per heavy atom. The SMILES string of the molecule is CC.Cc1nnc(CNc2nc(N)nc(C)c2C)s1. The van der Waals surface area contributed by atoms with Gasteiger partial charge in [-0.3, -0.25) is 0 Å². The van der Waals surface area contributed by atoms with E-state index < -0.39 is 0 Å². The van der Waals surface area contributed by atoms with Crippen LogP contribution in [0.1, 0.15) is 35.1 Å². The molecular weight excluding hydrogens is 260 g/mol. The number of nitrogens with two attached hydrogens (primary N) is 1. The minimum atomic E-state index is 0.282. The number of aromatic nitrogens is 4. The van der Waals surface area contributed by atoms with Gasteiger partial charge in [0.25, 0.3) is 0 Å². The van der Waals surface area contributed by atoms with Crippen LogP contribution in [0, 0.1) is 20.8 Å². The summed E-state index contributed by atoms with van der Waals surface area (Å²) in [6.45, 7) is 10.4. The molecule has 0 atom stereocenters. The molecule has 7 heteroatoms. The Labute approximate surface area is 117 Å². The summed E-state index contributed by atoms with van der Waals surface area (Å²) in [5.74, 6) is 1.03. The molecule has 2 aromatic rings. The fourth-order valence-corrected chi connectivity index (χ4v) is 2.04. The number of anilines is 2. The average Bonchev–Trinajstić information content (AvgIpc) is 2.80. The first-order chi connectivity index (χ1) is 9.06. The van der Waals surface area contributed by atoms with Crippen molar-refractivity contribution in [2.24, 2.45) is 0 Å². The van der Waals surface area contributed by atoms with Gasteiger partial charge in [0.2, 0.25) is 5.95 Å². The molecule has 0 fully saturated rings. The van der Waals surface area contributed by atoms with Crippen molar-refractivity contribution in [3.05, 3.63) is 21.3 Å². The molecule has 2 rings (SSSR count). The second kappa shape index (κ2) is 6.98. The number of rotatable bonds is 3. The molecule has 0 aromatic carbocycles. The van der Waals surface area contributed by atoms with Gasteiger partial charge in [0, 0.05) is 11.3 Å². The topological polar surface area (TPSA) is 89.6 Å². The van der Waals surface area contributed by atoms with Crippen molar-refractivity contribution in [3.8, 4) is 0 Å². The molecule has 19 heavy (non-hydrogen) atoms. The van der Waals surface area contributed by atoms with E-state index in [4.69, 9.17) is 5.73 Å². The third-order valence-corrected chi connectivity index (χ3v) is 3.22. The maximum Gasteiger partial charge on any atom is 0.222 e. The Morgan fingerprint density at radius 1 is 1.11 bits per heavy atom. The standard InChI is InChI=1S/C10H14N6S.C2H6/c1-5-6(2)13-10(11)14-9(5)12-4-8-16-15-7(3)17-8;1-2/h4H2,1-3H3,(H3,11,12,13,14);1-2H3. The minimum absolute atomic E-state index is 0.282. The van der Waals surface area contributed by atoms with Crippen LogP contribution >= 0.6 is 11.3 Å². The molecule has 3 N–H and O–H groups in total. The predicted molar refractivity (Wildman–Crippen MR) is 79.2 cm³/mol. The monoisotopic (exact) mass is 280 g/mol. The quantitative estimate of drug-likeness (QED) is 0.897. The summed E-state index contributed by atoms with van der Waals surface area (Å²) in [6.07, 6.45) is 0. The molecule has 0 saturated heterocycles. The molecule has 0 spiro atoms. The zero-order valence-corrected chi connectivity index (χ0v) is 12.8. The van der Waals surface area contributed by atoms with E-state index in [0.717, 1.165) is 27.1 Å². The van der Waals surface area contributed by atoms with Gasteiger partial charge in [-0.1, -0.05) is 25.2 Å². The third-order valence-electron chi connectivity index (χ3n) is 2.38. The Morgan fingerprint density at radius 2 is 1.79 bits per heavy atom. The Kier molecular flexibility index (Phi) is 5.62. The molecule has 0 aliphatic heterocycles. The van der Waals surface area contributed by atoms with Gasteiger partial charge in [-0.05, 0) is 20.8 Å². The Hall–Kier alpha value is -1.76. The largest absolute Gasteiger partial charge is 0.368 e. The molecule has 2 aromatic heterocycles. The summed E-state index contributed by atoms with van der Waals surface area (Å²) >= 11 is 1.56. The van der Waals surface area contributed by atoms with E-state index in [0.29, 0.717) is 6.54 Å². The lowest BCUT2D eigenvalue weighted by Gasteiger charge is -2.09. The van der Waals surface area contributed by atoms with Gasteiger partial charge in [0.05, 0.1) is 6.54 Å². The van der Waals surface area contributed by atoms with E-state index in [9.17, 15) is 0 Å². The van der Waals surface area contributed by atoms with Crippen LogP contribution in [0.15, 0.2) is 0 Å². The summed E-state index contributed by atoms with van der Waals surface area (Å²) in [5.41, 5.74) is 7.50. The molecule has 104 valence electrons.